The highest BCUT2D eigenvalue weighted by atomic mass is 32.3. The number of rotatable bonds is 5. The molecule has 108 valence electrons. The maximum absolute atomic E-state index is 9.52. The van der Waals surface area contributed by atoms with Crippen LogP contribution < -0.4 is 4.74 Å². The molecule has 0 aliphatic rings. The summed E-state index contributed by atoms with van der Waals surface area (Å²) in [4.78, 5) is 0. The molecule has 4 heteroatoms. The second kappa shape index (κ2) is 6.19. The van der Waals surface area contributed by atoms with Crippen LogP contribution in [-0.4, -0.2) is 22.9 Å². The number of nitriles is 1. The lowest BCUT2D eigenvalue weighted by Gasteiger charge is -2.50. The van der Waals surface area contributed by atoms with Crippen LogP contribution >= 0.6 is 21.4 Å². The zero-order chi connectivity index (χ0) is 14.8. The Balaban J connectivity index is 3.59. The molecule has 0 spiro atoms. The first kappa shape index (κ1) is 16.4. The molecule has 0 radical (unpaired) electrons. The molecule has 0 unspecified atom stereocenters. The lowest BCUT2D eigenvalue weighted by Crippen LogP contribution is -2.28. The Kier molecular flexibility index (Phi) is 5.34. The third-order valence-corrected chi connectivity index (χ3v) is 11.1. The molecule has 1 aromatic rings. The van der Waals surface area contributed by atoms with Gasteiger partial charge in [0, 0.05) is 5.38 Å². The summed E-state index contributed by atoms with van der Waals surface area (Å²) in [6.45, 7) is 13.8. The van der Waals surface area contributed by atoms with Crippen molar-refractivity contribution in [2.24, 2.45) is 0 Å². The van der Waals surface area contributed by atoms with E-state index in [1.807, 2.05) is 5.38 Å². The number of thiophene rings is 1. The Morgan fingerprint density at radius 1 is 1.11 bits per heavy atom. The summed E-state index contributed by atoms with van der Waals surface area (Å²) >= 11 is 1.71. The minimum Gasteiger partial charge on any atom is -0.494 e. The average Bonchev–Trinajstić information content (AvgIpc) is 2.71. The molecule has 1 heterocycles. The van der Waals surface area contributed by atoms with E-state index >= 15 is 0 Å². The topological polar surface area (TPSA) is 33.0 Å². The number of nitrogens with zero attached hydrogens (tertiary/aromatic N) is 1. The van der Waals surface area contributed by atoms with Gasteiger partial charge < -0.3 is 4.74 Å². The summed E-state index contributed by atoms with van der Waals surface area (Å²) in [5, 5.41) is 13.2. The number of methoxy groups -OCH3 is 1. The van der Waals surface area contributed by atoms with E-state index in [1.54, 1.807) is 18.4 Å². The van der Waals surface area contributed by atoms with Crippen molar-refractivity contribution in [2.75, 3.05) is 7.11 Å². The second-order valence-corrected chi connectivity index (χ2v) is 11.4. The molecular weight excluding hydrogens is 274 g/mol. The van der Waals surface area contributed by atoms with Crippen LogP contribution in [0.3, 0.4) is 0 Å². The Hall–Kier alpha value is -0.660. The lowest BCUT2D eigenvalue weighted by atomic mass is 10.3. The maximum atomic E-state index is 9.52. The minimum atomic E-state index is -1.04. The molecule has 0 amide bonds. The molecule has 0 saturated heterocycles. The highest BCUT2D eigenvalue weighted by Gasteiger charge is 2.40. The van der Waals surface area contributed by atoms with E-state index in [0.29, 0.717) is 15.7 Å². The Morgan fingerprint density at radius 2 is 1.58 bits per heavy atom. The van der Waals surface area contributed by atoms with Gasteiger partial charge >= 0.3 is 0 Å². The first-order chi connectivity index (χ1) is 8.83. The summed E-state index contributed by atoms with van der Waals surface area (Å²) in [6, 6.07) is 2.37. The minimum absolute atomic E-state index is 0.558. The molecule has 0 aliphatic heterocycles. The zero-order valence-corrected chi connectivity index (χ0v) is 14.6. The average molecular weight is 300 g/mol. The highest BCUT2D eigenvalue weighted by Crippen LogP contribution is 2.69. The summed E-state index contributed by atoms with van der Waals surface area (Å²) in [5.41, 5.74) is 0.763. The Labute approximate surface area is 123 Å². The third-order valence-electron chi connectivity index (χ3n) is 3.72. The van der Waals surface area contributed by atoms with Crippen molar-refractivity contribution in [3.63, 3.8) is 0 Å². The van der Waals surface area contributed by atoms with E-state index in [-0.39, 0.29) is 0 Å². The molecule has 1 aromatic heterocycles. The lowest BCUT2D eigenvalue weighted by molar-refractivity contribution is 0.415. The molecular formula is C15H25NOS2. The smallest absolute Gasteiger partial charge is 0.148 e. The second-order valence-electron chi connectivity index (χ2n) is 5.49. The van der Waals surface area contributed by atoms with Crippen molar-refractivity contribution in [2.45, 2.75) is 61.5 Å². The molecule has 0 aromatic carbocycles. The summed E-state index contributed by atoms with van der Waals surface area (Å²) in [7, 11) is 0.602. The highest BCUT2D eigenvalue weighted by molar-refractivity contribution is 8.36. The molecule has 0 bridgehead atoms. The molecule has 2 nitrogen and oxygen atoms in total. The fourth-order valence-corrected chi connectivity index (χ4v) is 11.4. The van der Waals surface area contributed by atoms with Gasteiger partial charge in [-0.1, -0.05) is 41.5 Å². The summed E-state index contributed by atoms with van der Waals surface area (Å²) in [5.74, 6) is 0.737. The number of ether oxygens (including phenoxy) is 1. The van der Waals surface area contributed by atoms with Crippen molar-refractivity contribution in [3.05, 3.63) is 10.9 Å². The van der Waals surface area contributed by atoms with E-state index in [4.69, 9.17) is 4.74 Å². The predicted octanol–water partition coefficient (Wildman–Crippen LogP) is 5.02. The predicted molar refractivity (Wildman–Crippen MR) is 86.9 cm³/mol. The van der Waals surface area contributed by atoms with Crippen LogP contribution in [0.5, 0.6) is 5.75 Å². The van der Waals surface area contributed by atoms with Crippen LogP contribution in [0.2, 0.25) is 0 Å². The normalized spacial score (nSPS) is 13.1. The van der Waals surface area contributed by atoms with E-state index in [9.17, 15) is 5.26 Å². The quantitative estimate of drug-likeness (QED) is 0.765. The standard InChI is InChI=1S/C15H25NOS2/c1-10(2)19(11(3)4,12(5)6)15-13(8-16)14(17-7)9-18-15/h9-12H,1-7H3. The molecule has 0 aliphatic carbocycles. The largest absolute Gasteiger partial charge is 0.494 e. The van der Waals surface area contributed by atoms with Crippen molar-refractivity contribution in [1.82, 2.24) is 0 Å². The van der Waals surface area contributed by atoms with Gasteiger partial charge in [0.05, 0.1) is 11.3 Å². The summed E-state index contributed by atoms with van der Waals surface area (Å²) in [6.07, 6.45) is 0. The van der Waals surface area contributed by atoms with Gasteiger partial charge in [0.1, 0.15) is 17.4 Å². The molecule has 0 fully saturated rings. The molecule has 0 saturated carbocycles. The molecule has 0 N–H and O–H groups in total. The van der Waals surface area contributed by atoms with Crippen molar-refractivity contribution in [1.29, 1.82) is 5.26 Å². The fourth-order valence-electron chi connectivity index (χ4n) is 3.11. The summed E-state index contributed by atoms with van der Waals surface area (Å²) < 4.78 is 6.62. The first-order valence-corrected chi connectivity index (χ1v) is 9.39. The van der Waals surface area contributed by atoms with Gasteiger partial charge in [0.15, 0.2) is 0 Å². The van der Waals surface area contributed by atoms with Gasteiger partial charge in [-0.25, -0.2) is 0 Å². The Bertz CT molecular complexity index is 447. The van der Waals surface area contributed by atoms with Crippen LogP contribution in [0.4, 0.5) is 0 Å². The first-order valence-electron chi connectivity index (χ1n) is 6.69. The maximum Gasteiger partial charge on any atom is 0.148 e. The molecule has 0 atom stereocenters. The van der Waals surface area contributed by atoms with Crippen molar-refractivity contribution >= 4 is 21.4 Å². The molecule has 19 heavy (non-hydrogen) atoms. The van der Waals surface area contributed by atoms with Gasteiger partial charge in [-0.15, -0.1) is 11.3 Å². The molecule has 1 rings (SSSR count). The van der Waals surface area contributed by atoms with Crippen molar-refractivity contribution < 1.29 is 4.74 Å². The van der Waals surface area contributed by atoms with Crippen LogP contribution in [0.1, 0.15) is 47.1 Å². The fraction of sp³-hybridized carbons (Fsp3) is 0.667. The van der Waals surface area contributed by atoms with Gasteiger partial charge in [0.25, 0.3) is 0 Å². The SMILES string of the molecule is COc1csc(S(C(C)C)(C(C)C)C(C)C)c1C#N. The zero-order valence-electron chi connectivity index (χ0n) is 13.0. The van der Waals surface area contributed by atoms with Crippen LogP contribution in [0, 0.1) is 11.3 Å². The van der Waals surface area contributed by atoms with Gasteiger partial charge in [-0.05, 0) is 15.7 Å². The third kappa shape index (κ3) is 2.51. The number of hydrogen-bond donors (Lipinski definition) is 0. The van der Waals surface area contributed by atoms with E-state index in [0.717, 1.165) is 11.3 Å². The van der Waals surface area contributed by atoms with Crippen LogP contribution in [-0.2, 0) is 0 Å². The van der Waals surface area contributed by atoms with Gasteiger partial charge in [0.2, 0.25) is 0 Å². The van der Waals surface area contributed by atoms with E-state index in [2.05, 4.69) is 47.6 Å². The van der Waals surface area contributed by atoms with Gasteiger partial charge in [-0.2, -0.15) is 15.3 Å². The van der Waals surface area contributed by atoms with Crippen LogP contribution in [0.25, 0.3) is 0 Å². The Morgan fingerprint density at radius 3 is 1.89 bits per heavy atom. The van der Waals surface area contributed by atoms with E-state index < -0.39 is 10.0 Å². The number of hydrogen-bond acceptors (Lipinski definition) is 3. The van der Waals surface area contributed by atoms with Crippen molar-refractivity contribution in [3.8, 4) is 11.8 Å². The van der Waals surface area contributed by atoms with Crippen LogP contribution in [0.15, 0.2) is 9.59 Å². The monoisotopic (exact) mass is 299 g/mol. The van der Waals surface area contributed by atoms with Gasteiger partial charge in [-0.3, -0.25) is 0 Å². The van der Waals surface area contributed by atoms with E-state index in [1.165, 1.54) is 4.21 Å².